The van der Waals surface area contributed by atoms with Crippen molar-refractivity contribution in [2.24, 2.45) is 5.92 Å². The third-order valence-electron chi connectivity index (χ3n) is 3.93. The van der Waals surface area contributed by atoms with Crippen LogP contribution in [0.25, 0.3) is 10.9 Å². The number of nitrogens with zero attached hydrogens (tertiary/aromatic N) is 1. The molecule has 1 aliphatic rings. The highest BCUT2D eigenvalue weighted by Gasteiger charge is 2.38. The minimum Gasteiger partial charge on any atom is -0.467 e. The second-order valence-electron chi connectivity index (χ2n) is 5.73. The normalized spacial score (nSPS) is 15.4. The average Bonchev–Trinajstić information content (AvgIpc) is 3.35. The molecule has 1 aromatic carbocycles. The van der Waals surface area contributed by atoms with E-state index in [1.54, 1.807) is 6.07 Å². The Kier molecular flexibility index (Phi) is 3.79. The van der Waals surface area contributed by atoms with Gasteiger partial charge in [0, 0.05) is 11.6 Å². The SMILES string of the molecule is COC(=O)C(NC(=O)c1cnc2ccc(C)cc2c1)C1CC1. The molecule has 1 atom stereocenters. The van der Waals surface area contributed by atoms with Gasteiger partial charge in [-0.05, 0) is 43.9 Å². The molecule has 1 fully saturated rings. The molecular weight excluding hydrogens is 280 g/mol. The number of nitrogens with one attached hydrogen (secondary N) is 1. The number of benzene rings is 1. The molecule has 0 bridgehead atoms. The van der Waals surface area contributed by atoms with Gasteiger partial charge in [-0.2, -0.15) is 0 Å². The van der Waals surface area contributed by atoms with Crippen molar-refractivity contribution in [2.45, 2.75) is 25.8 Å². The van der Waals surface area contributed by atoms with Gasteiger partial charge < -0.3 is 10.1 Å². The van der Waals surface area contributed by atoms with Gasteiger partial charge in [-0.25, -0.2) is 4.79 Å². The van der Waals surface area contributed by atoms with E-state index in [0.29, 0.717) is 5.56 Å². The smallest absolute Gasteiger partial charge is 0.328 e. The topological polar surface area (TPSA) is 68.3 Å². The van der Waals surface area contributed by atoms with Gasteiger partial charge in [0.05, 0.1) is 18.2 Å². The second kappa shape index (κ2) is 5.75. The number of aryl methyl sites for hydroxylation is 1. The van der Waals surface area contributed by atoms with Crippen molar-refractivity contribution in [2.75, 3.05) is 7.11 Å². The van der Waals surface area contributed by atoms with Crippen molar-refractivity contribution in [3.8, 4) is 0 Å². The number of esters is 1. The number of ether oxygens (including phenoxy) is 1. The van der Waals surface area contributed by atoms with Gasteiger partial charge in [0.1, 0.15) is 6.04 Å². The number of amides is 1. The van der Waals surface area contributed by atoms with Crippen LogP contribution in [0.5, 0.6) is 0 Å². The van der Waals surface area contributed by atoms with Crippen LogP contribution in [0.3, 0.4) is 0 Å². The third kappa shape index (κ3) is 2.93. The molecule has 0 spiro atoms. The lowest BCUT2D eigenvalue weighted by atomic mass is 10.1. The molecule has 0 saturated heterocycles. The molecule has 5 heteroatoms. The van der Waals surface area contributed by atoms with Crippen LogP contribution < -0.4 is 5.32 Å². The van der Waals surface area contributed by atoms with E-state index in [0.717, 1.165) is 29.3 Å². The van der Waals surface area contributed by atoms with Gasteiger partial charge in [-0.15, -0.1) is 0 Å². The van der Waals surface area contributed by atoms with E-state index in [4.69, 9.17) is 4.74 Å². The van der Waals surface area contributed by atoms with Gasteiger partial charge in [-0.3, -0.25) is 9.78 Å². The summed E-state index contributed by atoms with van der Waals surface area (Å²) < 4.78 is 4.77. The Morgan fingerprint density at radius 3 is 2.77 bits per heavy atom. The lowest BCUT2D eigenvalue weighted by Crippen LogP contribution is -2.43. The van der Waals surface area contributed by atoms with Gasteiger partial charge in [0.2, 0.25) is 0 Å². The monoisotopic (exact) mass is 298 g/mol. The van der Waals surface area contributed by atoms with Gasteiger partial charge in [0.25, 0.3) is 5.91 Å². The number of methoxy groups -OCH3 is 1. The van der Waals surface area contributed by atoms with E-state index in [-0.39, 0.29) is 17.8 Å². The van der Waals surface area contributed by atoms with Gasteiger partial charge >= 0.3 is 5.97 Å². The maximum atomic E-state index is 12.4. The Morgan fingerprint density at radius 2 is 2.09 bits per heavy atom. The Bertz CT molecular complexity index is 738. The van der Waals surface area contributed by atoms with E-state index in [1.165, 1.54) is 13.3 Å². The summed E-state index contributed by atoms with van der Waals surface area (Å²) in [6.07, 6.45) is 3.42. The zero-order chi connectivity index (χ0) is 15.7. The maximum absolute atomic E-state index is 12.4. The summed E-state index contributed by atoms with van der Waals surface area (Å²) in [5.74, 6) is -0.495. The number of hydrogen-bond acceptors (Lipinski definition) is 4. The van der Waals surface area contributed by atoms with Crippen molar-refractivity contribution >= 4 is 22.8 Å². The second-order valence-corrected chi connectivity index (χ2v) is 5.73. The predicted octanol–water partition coefficient (Wildman–Crippen LogP) is 2.22. The van der Waals surface area contributed by atoms with E-state index in [1.807, 2.05) is 25.1 Å². The first-order valence-corrected chi connectivity index (χ1v) is 7.33. The summed E-state index contributed by atoms with van der Waals surface area (Å²) in [5, 5.41) is 3.68. The first kappa shape index (κ1) is 14.5. The van der Waals surface area contributed by atoms with Crippen LogP contribution in [0, 0.1) is 12.8 Å². The summed E-state index contributed by atoms with van der Waals surface area (Å²) in [6, 6.07) is 7.12. The fourth-order valence-electron chi connectivity index (χ4n) is 2.53. The molecule has 0 radical (unpaired) electrons. The molecule has 1 heterocycles. The molecule has 22 heavy (non-hydrogen) atoms. The summed E-state index contributed by atoms with van der Waals surface area (Å²) in [5.41, 5.74) is 2.40. The highest BCUT2D eigenvalue weighted by Crippen LogP contribution is 2.33. The molecule has 1 saturated carbocycles. The Labute approximate surface area is 128 Å². The molecule has 5 nitrogen and oxygen atoms in total. The van der Waals surface area contributed by atoms with Crippen molar-refractivity contribution in [3.05, 3.63) is 41.6 Å². The number of pyridine rings is 1. The van der Waals surface area contributed by atoms with Crippen LogP contribution in [0.15, 0.2) is 30.5 Å². The average molecular weight is 298 g/mol. The number of fused-ring (bicyclic) bond motifs is 1. The van der Waals surface area contributed by atoms with Gasteiger partial charge in [-0.1, -0.05) is 11.6 Å². The lowest BCUT2D eigenvalue weighted by Gasteiger charge is -2.15. The fraction of sp³-hybridized carbons (Fsp3) is 0.353. The summed E-state index contributed by atoms with van der Waals surface area (Å²) in [6.45, 7) is 1.99. The molecule has 1 amide bonds. The Hall–Kier alpha value is -2.43. The van der Waals surface area contributed by atoms with E-state index < -0.39 is 6.04 Å². The standard InChI is InChI=1S/C17H18N2O3/c1-10-3-6-14-12(7-10)8-13(9-18-14)16(20)19-15(11-4-5-11)17(21)22-2/h3,6-9,11,15H,4-5H2,1-2H3,(H,19,20). The summed E-state index contributed by atoms with van der Waals surface area (Å²) in [7, 11) is 1.34. The number of hydrogen-bond donors (Lipinski definition) is 1. The molecule has 114 valence electrons. The van der Waals surface area contributed by atoms with Gasteiger partial charge in [0.15, 0.2) is 0 Å². The largest absolute Gasteiger partial charge is 0.467 e. The highest BCUT2D eigenvalue weighted by atomic mass is 16.5. The predicted molar refractivity (Wildman–Crippen MR) is 82.5 cm³/mol. The number of carbonyl (C=O) groups is 2. The zero-order valence-electron chi connectivity index (χ0n) is 12.6. The number of carbonyl (C=O) groups excluding carboxylic acids is 2. The van der Waals surface area contributed by atoms with E-state index in [2.05, 4.69) is 10.3 Å². The molecule has 0 aliphatic heterocycles. The summed E-state index contributed by atoms with van der Waals surface area (Å²) >= 11 is 0. The molecule has 1 unspecified atom stereocenters. The van der Waals surface area contributed by atoms with E-state index >= 15 is 0 Å². The van der Waals surface area contributed by atoms with Crippen LogP contribution in [-0.4, -0.2) is 30.0 Å². The quantitative estimate of drug-likeness (QED) is 0.879. The van der Waals surface area contributed by atoms with Crippen molar-refractivity contribution in [1.82, 2.24) is 10.3 Å². The molecular formula is C17H18N2O3. The zero-order valence-corrected chi connectivity index (χ0v) is 12.6. The van der Waals surface area contributed by atoms with Crippen LogP contribution in [0.4, 0.5) is 0 Å². The van der Waals surface area contributed by atoms with Crippen LogP contribution in [0.2, 0.25) is 0 Å². The molecule has 1 aromatic heterocycles. The lowest BCUT2D eigenvalue weighted by molar-refractivity contribution is -0.143. The highest BCUT2D eigenvalue weighted by molar-refractivity contribution is 5.99. The first-order chi connectivity index (χ1) is 10.6. The molecule has 3 rings (SSSR count). The number of aromatic nitrogens is 1. The fourth-order valence-corrected chi connectivity index (χ4v) is 2.53. The third-order valence-corrected chi connectivity index (χ3v) is 3.93. The summed E-state index contributed by atoms with van der Waals surface area (Å²) in [4.78, 5) is 28.4. The van der Waals surface area contributed by atoms with Crippen LogP contribution >= 0.6 is 0 Å². The molecule has 1 aliphatic carbocycles. The van der Waals surface area contributed by atoms with Crippen LogP contribution in [0.1, 0.15) is 28.8 Å². The minimum atomic E-state index is -0.564. The molecule has 1 N–H and O–H groups in total. The van der Waals surface area contributed by atoms with Crippen molar-refractivity contribution in [3.63, 3.8) is 0 Å². The minimum absolute atomic E-state index is 0.187. The Morgan fingerprint density at radius 1 is 1.32 bits per heavy atom. The van der Waals surface area contributed by atoms with E-state index in [9.17, 15) is 9.59 Å². The molecule has 2 aromatic rings. The number of rotatable bonds is 4. The Balaban J connectivity index is 1.83. The maximum Gasteiger partial charge on any atom is 0.328 e. The first-order valence-electron chi connectivity index (χ1n) is 7.33. The van der Waals surface area contributed by atoms with Crippen molar-refractivity contribution in [1.29, 1.82) is 0 Å². The van der Waals surface area contributed by atoms with Crippen molar-refractivity contribution < 1.29 is 14.3 Å². The van der Waals surface area contributed by atoms with Crippen LogP contribution in [-0.2, 0) is 9.53 Å².